The predicted molar refractivity (Wildman–Crippen MR) is 195 cm³/mol. The fourth-order valence-electron chi connectivity index (χ4n) is 4.87. The van der Waals surface area contributed by atoms with Crippen LogP contribution in [-0.4, -0.2) is 70.9 Å². The monoisotopic (exact) mass is 796 g/mol. The highest BCUT2D eigenvalue weighted by Crippen LogP contribution is 2.53. The maximum Gasteiger partial charge on any atom is 0.397 e. The van der Waals surface area contributed by atoms with Crippen molar-refractivity contribution in [3.05, 3.63) is 127 Å². The number of ether oxygens (including phenoxy) is 1. The summed E-state index contributed by atoms with van der Waals surface area (Å²) >= 11 is 0. The summed E-state index contributed by atoms with van der Waals surface area (Å²) < 4.78 is 50.5. The third-order valence-electron chi connectivity index (χ3n) is 7.66. The van der Waals surface area contributed by atoms with Crippen LogP contribution in [0.4, 0.5) is 0 Å². The van der Waals surface area contributed by atoms with Gasteiger partial charge in [-0.3, -0.25) is 0 Å². The summed E-state index contributed by atoms with van der Waals surface area (Å²) in [6, 6.07) is 36.8. The van der Waals surface area contributed by atoms with Gasteiger partial charge in [0.2, 0.25) is 0 Å². The van der Waals surface area contributed by atoms with E-state index >= 15 is 0 Å². The quantitative estimate of drug-likeness (QED) is 0.0782. The molecular formula is C34H40O14P4. The maximum absolute atomic E-state index is 10.2. The average molecular weight is 797 g/mol. The molecule has 0 bridgehead atoms. The Morgan fingerprint density at radius 1 is 0.577 bits per heavy atom. The van der Waals surface area contributed by atoms with Crippen molar-refractivity contribution >= 4 is 34.4 Å². The molecule has 4 aromatic carbocycles. The van der Waals surface area contributed by atoms with Crippen LogP contribution in [0.1, 0.15) is 11.7 Å². The number of rotatable bonds is 15. The zero-order valence-electron chi connectivity index (χ0n) is 27.8. The highest BCUT2D eigenvalue weighted by molar-refractivity contribution is 7.42. The van der Waals surface area contributed by atoms with Gasteiger partial charge in [0.05, 0.1) is 57.1 Å². The van der Waals surface area contributed by atoms with Crippen LogP contribution >= 0.6 is 34.4 Å². The first-order chi connectivity index (χ1) is 25.3. The summed E-state index contributed by atoms with van der Waals surface area (Å²) in [7, 11) is -8.16. The lowest BCUT2D eigenvalue weighted by Gasteiger charge is -2.41. The molecule has 52 heavy (non-hydrogen) atoms. The molecule has 2 heterocycles. The average Bonchev–Trinajstić information content (AvgIpc) is 3.18. The van der Waals surface area contributed by atoms with Gasteiger partial charge in [0.1, 0.15) is 23.4 Å². The van der Waals surface area contributed by atoms with Gasteiger partial charge in [-0.25, -0.2) is 0 Å². The fourth-order valence-corrected chi connectivity index (χ4v) is 8.08. The molecule has 6 rings (SSSR count). The maximum atomic E-state index is 10.2. The molecule has 18 heteroatoms. The van der Waals surface area contributed by atoms with Crippen molar-refractivity contribution in [1.29, 1.82) is 0 Å². The molecule has 1 spiro atoms. The van der Waals surface area contributed by atoms with Gasteiger partial charge in [-0.2, -0.15) is 0 Å². The summed E-state index contributed by atoms with van der Waals surface area (Å²) in [5.41, 5.74) is -0.976. The Bertz CT molecular complexity index is 1470. The second-order valence-corrected chi connectivity index (χ2v) is 15.5. The number of hydrogen-bond donors (Lipinski definition) is 5. The van der Waals surface area contributed by atoms with Crippen LogP contribution in [0.3, 0.4) is 0 Å². The second kappa shape index (κ2) is 20.9. The molecule has 2 aliphatic heterocycles. The summed E-state index contributed by atoms with van der Waals surface area (Å²) in [5, 5.41) is 10.2. The third-order valence-corrected chi connectivity index (χ3v) is 10.5. The lowest BCUT2D eigenvalue weighted by Crippen LogP contribution is -2.45. The van der Waals surface area contributed by atoms with E-state index in [9.17, 15) is 24.7 Å². The lowest BCUT2D eigenvalue weighted by molar-refractivity contribution is -0.0673. The van der Waals surface area contributed by atoms with Crippen molar-refractivity contribution < 1.29 is 65.6 Å². The topological polar surface area (TPSA) is 184 Å². The van der Waals surface area contributed by atoms with Crippen LogP contribution in [0, 0.1) is 10.8 Å². The fraction of sp³-hybridized carbons (Fsp3) is 0.294. The normalized spacial score (nSPS) is 20.9. The first kappa shape index (κ1) is 40.7. The van der Waals surface area contributed by atoms with Gasteiger partial charge >= 0.3 is 34.4 Å². The molecule has 1 unspecified atom stereocenters. The molecule has 14 nitrogen and oxygen atoms in total. The van der Waals surface area contributed by atoms with Gasteiger partial charge in [0.25, 0.3) is 0 Å². The Kier molecular flexibility index (Phi) is 16.3. The minimum atomic E-state index is -2.69. The largest absolute Gasteiger partial charge is 0.485 e. The Morgan fingerprint density at radius 3 is 1.31 bits per heavy atom. The van der Waals surface area contributed by atoms with Gasteiger partial charge in [-0.15, -0.1) is 0 Å². The summed E-state index contributed by atoms with van der Waals surface area (Å²) in [6.07, 6.45) is -0.837. The molecule has 5 N–H and O–H groups in total. The minimum Gasteiger partial charge on any atom is -0.485 e. The molecule has 4 aromatic rings. The van der Waals surface area contributed by atoms with E-state index in [2.05, 4.69) is 0 Å². The molecule has 280 valence electrons. The van der Waals surface area contributed by atoms with Gasteiger partial charge < -0.3 is 65.6 Å². The summed E-state index contributed by atoms with van der Waals surface area (Å²) in [4.78, 5) is 36.7. The van der Waals surface area contributed by atoms with Gasteiger partial charge in [-0.1, -0.05) is 84.9 Å². The van der Waals surface area contributed by atoms with E-state index in [1.165, 1.54) is 0 Å². The molecule has 0 radical (unpaired) electrons. The lowest BCUT2D eigenvalue weighted by atomic mass is 9.80. The van der Waals surface area contributed by atoms with Crippen molar-refractivity contribution in [3.8, 4) is 17.2 Å². The predicted octanol–water partition coefficient (Wildman–Crippen LogP) is 6.92. The van der Waals surface area contributed by atoms with Crippen molar-refractivity contribution in [3.63, 3.8) is 0 Å². The summed E-state index contributed by atoms with van der Waals surface area (Å²) in [5.74, 6) is 1.98. The van der Waals surface area contributed by atoms with Crippen LogP contribution in [0.15, 0.2) is 121 Å². The highest BCUT2D eigenvalue weighted by atomic mass is 31.2. The molecule has 2 saturated heterocycles. The van der Waals surface area contributed by atoms with E-state index in [-0.39, 0.29) is 18.6 Å². The smallest absolute Gasteiger partial charge is 0.397 e. The molecule has 1 atom stereocenters. The molecule has 2 aliphatic rings. The first-order valence-electron chi connectivity index (χ1n) is 15.9. The van der Waals surface area contributed by atoms with E-state index in [0.29, 0.717) is 37.7 Å². The van der Waals surface area contributed by atoms with Crippen molar-refractivity contribution in [2.45, 2.75) is 6.10 Å². The molecule has 0 saturated carbocycles. The first-order valence-corrected chi connectivity index (χ1v) is 20.4. The van der Waals surface area contributed by atoms with E-state index in [0.717, 1.165) is 11.5 Å². The highest BCUT2D eigenvalue weighted by Gasteiger charge is 2.45. The van der Waals surface area contributed by atoms with Crippen molar-refractivity contribution in [1.82, 2.24) is 0 Å². The zero-order valence-corrected chi connectivity index (χ0v) is 31.4. The molecule has 0 aromatic heterocycles. The molecule has 0 amide bonds. The Labute approximate surface area is 306 Å². The van der Waals surface area contributed by atoms with E-state index in [4.69, 9.17) is 40.9 Å². The molecular weight excluding hydrogens is 756 g/mol. The van der Waals surface area contributed by atoms with Gasteiger partial charge in [-0.05, 0) is 42.0 Å². The number of aliphatic hydroxyl groups excluding tert-OH is 1. The van der Waals surface area contributed by atoms with Crippen LogP contribution in [-0.2, 0) is 27.1 Å². The Hall–Kier alpha value is -2.44. The number of hydrogen-bond acceptors (Lipinski definition) is 14. The van der Waals surface area contributed by atoms with Crippen LogP contribution in [0.5, 0.6) is 17.2 Å². The second-order valence-electron chi connectivity index (χ2n) is 11.6. The number of para-hydroxylation sites is 3. The number of benzene rings is 4. The van der Waals surface area contributed by atoms with Crippen molar-refractivity contribution in [2.75, 3.05) is 46.2 Å². The Morgan fingerprint density at radius 2 is 0.942 bits per heavy atom. The van der Waals surface area contributed by atoms with E-state index in [1.54, 1.807) is 48.5 Å². The van der Waals surface area contributed by atoms with Gasteiger partial charge in [0.15, 0.2) is 0 Å². The molecule has 2 fully saturated rings. The summed E-state index contributed by atoms with van der Waals surface area (Å²) in [6.45, 7) is 0.654. The van der Waals surface area contributed by atoms with E-state index in [1.807, 2.05) is 72.8 Å². The SMILES string of the molecule is OCC(COP(O)O)(COP(O)O)C(Oc1ccccc1)c1ccccc1.c1ccc(OP2OCC3(CO2)COP(Oc2ccccc2)OC3)cc1. The zero-order chi connectivity index (χ0) is 36.7. The van der Waals surface area contributed by atoms with E-state index < -0.39 is 52.5 Å². The van der Waals surface area contributed by atoms with Gasteiger partial charge in [0, 0.05) is 0 Å². The van der Waals surface area contributed by atoms with Crippen LogP contribution in [0.2, 0.25) is 0 Å². The standard InChI is InChI=1S/C17H22O8P2.C17H18O6P2/c18-11-17(12-23-26(19)20,13-24-27(21)22)16(14-7-3-1-4-8-14)25-15-9-5-2-6-10-15;1-3-7-15(8-4-1)22-24-18-11-17(12-19-24)13-20-25(21-14-17)23-16-9-5-2-6-10-16/h1-10,16,18-22H,11-13H2;1-10H,11-14H2. The minimum absolute atomic E-state index is 0.308. The Balaban J connectivity index is 0.000000201. The van der Waals surface area contributed by atoms with Crippen LogP contribution in [0.25, 0.3) is 0 Å². The van der Waals surface area contributed by atoms with Crippen molar-refractivity contribution in [2.24, 2.45) is 10.8 Å². The van der Waals surface area contributed by atoms with Crippen LogP contribution < -0.4 is 13.8 Å². The third kappa shape index (κ3) is 12.6. The molecule has 0 aliphatic carbocycles. The number of aliphatic hydroxyl groups is 1.